The van der Waals surface area contributed by atoms with Gasteiger partial charge in [0.25, 0.3) is 0 Å². The normalized spacial score (nSPS) is 19.4. The van der Waals surface area contributed by atoms with Crippen molar-refractivity contribution < 1.29 is 31.5 Å². The predicted octanol–water partition coefficient (Wildman–Crippen LogP) is 3.08. The number of nitrogens with zero attached hydrogens (tertiary/aromatic N) is 1. The lowest BCUT2D eigenvalue weighted by molar-refractivity contribution is -0.143. The summed E-state index contributed by atoms with van der Waals surface area (Å²) in [6.45, 7) is -0.996. The van der Waals surface area contributed by atoms with Gasteiger partial charge in [0.05, 0.1) is 17.7 Å². The fourth-order valence-electron chi connectivity index (χ4n) is 4.35. The number of halogens is 1. The van der Waals surface area contributed by atoms with Crippen LogP contribution in [0.25, 0.3) is 11.1 Å². The molecule has 0 radical (unpaired) electrons. The number of hydrogen-bond acceptors (Lipinski definition) is 6. The summed E-state index contributed by atoms with van der Waals surface area (Å²) in [5.41, 5.74) is 0.0976. The van der Waals surface area contributed by atoms with Gasteiger partial charge >= 0.3 is 5.97 Å². The number of carboxylic acids is 1. The van der Waals surface area contributed by atoms with E-state index in [9.17, 15) is 31.5 Å². The van der Waals surface area contributed by atoms with E-state index in [0.29, 0.717) is 20.5 Å². The quantitative estimate of drug-likeness (QED) is 0.408. The van der Waals surface area contributed by atoms with Gasteiger partial charge in [-0.2, -0.15) is 4.31 Å². The number of sulfonamides is 2. The van der Waals surface area contributed by atoms with Crippen LogP contribution in [0.5, 0.6) is 0 Å². The zero-order valence-electron chi connectivity index (χ0n) is 19.5. The average Bonchev–Trinajstić information content (AvgIpc) is 3.59. The smallest absolute Gasteiger partial charge is 0.325 e. The Bertz CT molecular complexity index is 1540. The zero-order chi connectivity index (χ0) is 27.0. The van der Waals surface area contributed by atoms with Crippen LogP contribution in [0.4, 0.5) is 0 Å². The Morgan fingerprint density at radius 2 is 1.49 bits per heavy atom. The maximum atomic E-state index is 13.8. The molecule has 37 heavy (non-hydrogen) atoms. The number of carbonyl (C=O) groups is 2. The van der Waals surface area contributed by atoms with Crippen molar-refractivity contribution in [2.45, 2.75) is 22.8 Å². The van der Waals surface area contributed by atoms with Crippen LogP contribution < -0.4 is 4.72 Å². The molecule has 0 spiro atoms. The van der Waals surface area contributed by atoms with Gasteiger partial charge in [-0.25, -0.2) is 16.8 Å². The molecule has 3 aromatic rings. The van der Waals surface area contributed by atoms with Crippen LogP contribution in [-0.2, 0) is 29.6 Å². The maximum Gasteiger partial charge on any atom is 0.325 e. The van der Waals surface area contributed by atoms with Crippen molar-refractivity contribution in [1.29, 1.82) is 0 Å². The molecule has 4 rings (SSSR count). The lowest BCUT2D eigenvalue weighted by atomic mass is 10.1. The first kappa shape index (κ1) is 26.8. The molecule has 2 N–H and O–H groups in total. The van der Waals surface area contributed by atoms with Crippen molar-refractivity contribution in [1.82, 2.24) is 9.03 Å². The second-order valence-electron chi connectivity index (χ2n) is 8.74. The van der Waals surface area contributed by atoms with Crippen LogP contribution in [0.1, 0.15) is 17.9 Å². The summed E-state index contributed by atoms with van der Waals surface area (Å²) in [5.74, 6) is -3.33. The molecule has 194 valence electrons. The zero-order valence-corrected chi connectivity index (χ0v) is 21.9. The van der Waals surface area contributed by atoms with Crippen LogP contribution in [-0.4, -0.2) is 56.5 Å². The summed E-state index contributed by atoms with van der Waals surface area (Å²) in [6, 6.07) is 21.2. The molecule has 12 heteroatoms. The molecule has 1 saturated carbocycles. The molecule has 2 atom stereocenters. The first-order valence-corrected chi connectivity index (χ1v) is 14.7. The lowest BCUT2D eigenvalue weighted by Crippen LogP contribution is -2.52. The van der Waals surface area contributed by atoms with E-state index < -0.39 is 49.9 Å². The van der Waals surface area contributed by atoms with Crippen LogP contribution in [0, 0.1) is 0 Å². The van der Waals surface area contributed by atoms with Crippen molar-refractivity contribution in [3.8, 4) is 11.1 Å². The molecule has 0 heterocycles. The van der Waals surface area contributed by atoms with Gasteiger partial charge < -0.3 is 5.11 Å². The molecular weight excluding hydrogens is 540 g/mol. The van der Waals surface area contributed by atoms with E-state index >= 15 is 0 Å². The van der Waals surface area contributed by atoms with Crippen LogP contribution in [0.15, 0.2) is 83.8 Å². The van der Waals surface area contributed by atoms with Gasteiger partial charge in [-0.15, -0.1) is 0 Å². The number of carbonyl (C=O) groups excluding carboxylic acids is 1. The molecule has 9 nitrogen and oxygen atoms in total. The molecule has 3 aromatic carbocycles. The Morgan fingerprint density at radius 1 is 0.946 bits per heavy atom. The topological polar surface area (TPSA) is 138 Å². The molecule has 0 aromatic heterocycles. The van der Waals surface area contributed by atoms with Gasteiger partial charge in [-0.05, 0) is 47.4 Å². The summed E-state index contributed by atoms with van der Waals surface area (Å²) in [4.78, 5) is 24.9. The SMILES string of the molecule is CS(=O)(=O)NC(=O)CN([C@]1(C(=O)O)C[C@H]1c1ccccc1)S(=O)(=O)c1ccc(-c2ccc(Cl)cc2)cc1. The minimum atomic E-state index is -4.56. The summed E-state index contributed by atoms with van der Waals surface area (Å²) in [7, 11) is -8.57. The van der Waals surface area contributed by atoms with Crippen molar-refractivity contribution in [2.24, 2.45) is 0 Å². The summed E-state index contributed by atoms with van der Waals surface area (Å²) >= 11 is 5.93. The monoisotopic (exact) mass is 562 g/mol. The van der Waals surface area contributed by atoms with Crippen LogP contribution in [0.3, 0.4) is 0 Å². The van der Waals surface area contributed by atoms with Gasteiger partial charge in [0.1, 0.15) is 5.54 Å². The Balaban J connectivity index is 1.75. The maximum absolute atomic E-state index is 13.8. The van der Waals surface area contributed by atoms with E-state index in [2.05, 4.69) is 0 Å². The fraction of sp³-hybridized carbons (Fsp3) is 0.200. The number of benzene rings is 3. The molecule has 0 bridgehead atoms. The molecule has 1 aliphatic carbocycles. The standard InChI is InChI=1S/C25H23ClN2O7S2/c1-36(32,33)27-23(29)16-28(25(24(30)31)15-22(25)19-5-3-2-4-6-19)37(34,35)21-13-9-18(10-14-21)17-7-11-20(26)12-8-17/h2-14,22H,15-16H2,1H3,(H,27,29)(H,30,31)/t22-,25+/m0/s1. The van der Waals surface area contributed by atoms with E-state index in [1.54, 1.807) is 71.5 Å². The molecule has 0 saturated heterocycles. The molecular formula is C25H23ClN2O7S2. The highest BCUT2D eigenvalue weighted by Gasteiger charge is 2.68. The number of carboxylic acid groups (broad SMARTS) is 1. The highest BCUT2D eigenvalue weighted by molar-refractivity contribution is 7.89. The lowest BCUT2D eigenvalue weighted by Gasteiger charge is -2.29. The largest absolute Gasteiger partial charge is 0.480 e. The van der Waals surface area contributed by atoms with Gasteiger partial charge in [0, 0.05) is 10.9 Å². The van der Waals surface area contributed by atoms with Crippen LogP contribution >= 0.6 is 11.6 Å². The Hall–Kier alpha value is -3.25. The summed E-state index contributed by atoms with van der Waals surface area (Å²) in [6.07, 6.45) is 0.663. The highest BCUT2D eigenvalue weighted by Crippen LogP contribution is 2.57. The van der Waals surface area contributed by atoms with Gasteiger partial charge in [-0.3, -0.25) is 14.3 Å². The number of rotatable bonds is 9. The first-order valence-electron chi connectivity index (χ1n) is 11.0. The Labute approximate surface area is 219 Å². The molecule has 0 unspecified atom stereocenters. The van der Waals surface area contributed by atoms with Gasteiger partial charge in [-0.1, -0.05) is 66.2 Å². The third-order valence-electron chi connectivity index (χ3n) is 6.16. The Kier molecular flexibility index (Phi) is 7.17. The number of hydrogen-bond donors (Lipinski definition) is 2. The van der Waals surface area contributed by atoms with Crippen molar-refractivity contribution in [2.75, 3.05) is 12.8 Å². The Morgan fingerprint density at radius 3 is 2.00 bits per heavy atom. The number of aliphatic carboxylic acids is 1. The van der Waals surface area contributed by atoms with Crippen molar-refractivity contribution in [3.63, 3.8) is 0 Å². The first-order chi connectivity index (χ1) is 17.3. The third-order valence-corrected chi connectivity index (χ3v) is 8.91. The van der Waals surface area contributed by atoms with E-state index in [1.165, 1.54) is 12.1 Å². The minimum absolute atomic E-state index is 0.0827. The average molecular weight is 563 g/mol. The van der Waals surface area contributed by atoms with Crippen molar-refractivity contribution >= 4 is 43.5 Å². The molecule has 1 fully saturated rings. The van der Waals surface area contributed by atoms with E-state index in [1.807, 2.05) is 0 Å². The number of nitrogens with one attached hydrogen (secondary N) is 1. The fourth-order valence-corrected chi connectivity index (χ4v) is 6.68. The predicted molar refractivity (Wildman–Crippen MR) is 138 cm³/mol. The van der Waals surface area contributed by atoms with Gasteiger partial charge in [0.2, 0.25) is 26.0 Å². The second-order valence-corrected chi connectivity index (χ2v) is 12.8. The highest BCUT2D eigenvalue weighted by atomic mass is 35.5. The van der Waals surface area contributed by atoms with Gasteiger partial charge in [0.15, 0.2) is 0 Å². The summed E-state index contributed by atoms with van der Waals surface area (Å²) < 4.78 is 53.1. The molecule has 0 aliphatic heterocycles. The summed E-state index contributed by atoms with van der Waals surface area (Å²) in [5, 5.41) is 10.8. The van der Waals surface area contributed by atoms with Crippen LogP contribution in [0.2, 0.25) is 5.02 Å². The van der Waals surface area contributed by atoms with E-state index in [4.69, 9.17) is 11.6 Å². The van der Waals surface area contributed by atoms with Crippen molar-refractivity contribution in [3.05, 3.63) is 89.4 Å². The number of amides is 1. The van der Waals surface area contributed by atoms with E-state index in [-0.39, 0.29) is 11.3 Å². The molecule has 1 amide bonds. The second kappa shape index (κ2) is 9.90. The minimum Gasteiger partial charge on any atom is -0.480 e. The van der Waals surface area contributed by atoms with E-state index in [0.717, 1.165) is 11.8 Å². The molecule has 1 aliphatic rings. The third kappa shape index (κ3) is 5.54.